The van der Waals surface area contributed by atoms with Crippen LogP contribution in [0.2, 0.25) is 5.02 Å². The van der Waals surface area contributed by atoms with Crippen LogP contribution in [0.5, 0.6) is 0 Å². The van der Waals surface area contributed by atoms with Crippen molar-refractivity contribution in [3.05, 3.63) is 51.3 Å². The normalized spacial score (nSPS) is 15.0. The molecular weight excluding hydrogens is 364 g/mol. The highest BCUT2D eigenvalue weighted by Crippen LogP contribution is 2.18. The molecular formula is C20H25ClN4O2. The van der Waals surface area contributed by atoms with E-state index in [4.69, 9.17) is 11.6 Å². The van der Waals surface area contributed by atoms with Crippen molar-refractivity contribution in [2.45, 2.75) is 33.6 Å². The van der Waals surface area contributed by atoms with E-state index in [1.807, 2.05) is 36.6 Å². The molecule has 2 amide bonds. The van der Waals surface area contributed by atoms with E-state index in [9.17, 15) is 9.59 Å². The van der Waals surface area contributed by atoms with Gasteiger partial charge in [0.25, 0.3) is 5.91 Å². The molecule has 0 atom stereocenters. The highest BCUT2D eigenvalue weighted by Gasteiger charge is 2.24. The molecule has 144 valence electrons. The summed E-state index contributed by atoms with van der Waals surface area (Å²) < 4.78 is 0. The number of aromatic nitrogens is 2. The van der Waals surface area contributed by atoms with E-state index in [-0.39, 0.29) is 11.8 Å². The number of amides is 2. The Kier molecular flexibility index (Phi) is 5.85. The Balaban J connectivity index is 1.63. The largest absolute Gasteiger partial charge is 0.341 e. The summed E-state index contributed by atoms with van der Waals surface area (Å²) in [6.07, 6.45) is 1.12. The van der Waals surface area contributed by atoms with Gasteiger partial charge in [-0.25, -0.2) is 0 Å². The zero-order chi connectivity index (χ0) is 19.6. The quantitative estimate of drug-likeness (QED) is 0.878. The number of carbonyl (C=O) groups excluding carboxylic acids is 2. The second kappa shape index (κ2) is 8.13. The summed E-state index contributed by atoms with van der Waals surface area (Å²) in [7, 11) is 0. The molecule has 0 aliphatic carbocycles. The summed E-state index contributed by atoms with van der Waals surface area (Å²) in [6.45, 7) is 8.12. The summed E-state index contributed by atoms with van der Waals surface area (Å²) >= 11 is 6.06. The zero-order valence-electron chi connectivity index (χ0n) is 16.0. The van der Waals surface area contributed by atoms with E-state index >= 15 is 0 Å². The molecule has 0 radical (unpaired) electrons. The molecule has 1 N–H and O–H groups in total. The number of nitrogens with one attached hydrogen (secondary N) is 1. The maximum absolute atomic E-state index is 12.8. The van der Waals surface area contributed by atoms with Crippen LogP contribution in [0, 0.1) is 20.8 Å². The van der Waals surface area contributed by atoms with Gasteiger partial charge in [-0.1, -0.05) is 11.6 Å². The van der Waals surface area contributed by atoms with Crippen LogP contribution in [0.4, 0.5) is 0 Å². The fourth-order valence-corrected chi connectivity index (χ4v) is 3.55. The minimum atomic E-state index is -0.00871. The molecule has 2 aromatic rings. The van der Waals surface area contributed by atoms with Crippen molar-refractivity contribution in [2.75, 3.05) is 26.2 Å². The molecule has 1 aromatic carbocycles. The number of hydrogen-bond donors (Lipinski definition) is 1. The second-order valence-corrected chi connectivity index (χ2v) is 7.49. The molecule has 2 heterocycles. The van der Waals surface area contributed by atoms with Crippen molar-refractivity contribution < 1.29 is 9.59 Å². The van der Waals surface area contributed by atoms with Gasteiger partial charge in [0.05, 0.1) is 12.1 Å². The fourth-order valence-electron chi connectivity index (χ4n) is 3.43. The van der Waals surface area contributed by atoms with E-state index in [2.05, 4.69) is 10.2 Å². The number of aromatic amines is 1. The number of nitrogens with zero attached hydrogens (tertiary/aromatic N) is 3. The van der Waals surface area contributed by atoms with Gasteiger partial charge < -0.3 is 9.80 Å². The highest BCUT2D eigenvalue weighted by atomic mass is 35.5. The average Bonchev–Trinajstić information content (AvgIpc) is 2.86. The third kappa shape index (κ3) is 4.33. The molecule has 1 aromatic heterocycles. The Morgan fingerprint density at radius 1 is 1.11 bits per heavy atom. The first kappa shape index (κ1) is 19.4. The number of rotatable bonds is 3. The van der Waals surface area contributed by atoms with Crippen molar-refractivity contribution in [2.24, 2.45) is 0 Å². The zero-order valence-corrected chi connectivity index (χ0v) is 16.8. The molecule has 0 unspecified atom stereocenters. The van der Waals surface area contributed by atoms with Crippen LogP contribution in [0.1, 0.15) is 39.3 Å². The average molecular weight is 389 g/mol. The Bertz CT molecular complexity index is 842. The monoisotopic (exact) mass is 388 g/mol. The van der Waals surface area contributed by atoms with Gasteiger partial charge in [-0.05, 0) is 51.0 Å². The molecule has 6 nitrogen and oxygen atoms in total. The smallest absolute Gasteiger partial charge is 0.253 e. The summed E-state index contributed by atoms with van der Waals surface area (Å²) in [5.74, 6) is 0.0739. The highest BCUT2D eigenvalue weighted by molar-refractivity contribution is 6.31. The van der Waals surface area contributed by atoms with Gasteiger partial charge in [0, 0.05) is 48.0 Å². The predicted octanol–water partition coefficient (Wildman–Crippen LogP) is 2.91. The third-order valence-corrected chi connectivity index (χ3v) is 5.57. The lowest BCUT2D eigenvalue weighted by Gasteiger charge is -2.22. The van der Waals surface area contributed by atoms with Crippen LogP contribution < -0.4 is 0 Å². The number of aryl methyl sites for hydroxylation is 3. The molecule has 0 spiro atoms. The number of H-pyrrole nitrogens is 1. The van der Waals surface area contributed by atoms with Gasteiger partial charge in [-0.2, -0.15) is 5.10 Å². The van der Waals surface area contributed by atoms with Crippen LogP contribution >= 0.6 is 11.6 Å². The van der Waals surface area contributed by atoms with E-state index in [1.54, 1.807) is 12.1 Å². The molecule has 1 fully saturated rings. The lowest BCUT2D eigenvalue weighted by molar-refractivity contribution is -0.130. The first-order valence-electron chi connectivity index (χ1n) is 9.20. The second-order valence-electron chi connectivity index (χ2n) is 7.08. The van der Waals surface area contributed by atoms with Gasteiger partial charge >= 0.3 is 0 Å². The molecule has 0 saturated carbocycles. The summed E-state index contributed by atoms with van der Waals surface area (Å²) in [5.41, 5.74) is 4.30. The van der Waals surface area contributed by atoms with E-state index in [1.165, 1.54) is 0 Å². The van der Waals surface area contributed by atoms with Gasteiger partial charge in [0.1, 0.15) is 0 Å². The topological polar surface area (TPSA) is 69.3 Å². The molecule has 1 aliphatic heterocycles. The van der Waals surface area contributed by atoms with Crippen LogP contribution in [0.3, 0.4) is 0 Å². The number of hydrogen-bond acceptors (Lipinski definition) is 3. The Hall–Kier alpha value is -2.34. The lowest BCUT2D eigenvalue weighted by Crippen LogP contribution is -2.38. The van der Waals surface area contributed by atoms with Crippen molar-refractivity contribution in [3.8, 4) is 0 Å². The SMILES string of the molecule is Cc1cc(C(=O)N2CCCN(C(=O)Cc3c(C)n[nH]c3C)CC2)ccc1Cl. The van der Waals surface area contributed by atoms with Crippen molar-refractivity contribution >= 4 is 23.4 Å². The van der Waals surface area contributed by atoms with Crippen LogP contribution in [0.25, 0.3) is 0 Å². The number of benzene rings is 1. The minimum absolute atomic E-state index is 0.00871. The number of halogens is 1. The van der Waals surface area contributed by atoms with Gasteiger partial charge in [0.2, 0.25) is 5.91 Å². The van der Waals surface area contributed by atoms with E-state index in [0.717, 1.165) is 28.9 Å². The fraction of sp³-hybridized carbons (Fsp3) is 0.450. The number of carbonyl (C=O) groups is 2. The summed E-state index contributed by atoms with van der Waals surface area (Å²) in [5, 5.41) is 7.74. The summed E-state index contributed by atoms with van der Waals surface area (Å²) in [6, 6.07) is 5.34. The van der Waals surface area contributed by atoms with Gasteiger partial charge in [-0.3, -0.25) is 14.7 Å². The molecule has 1 aliphatic rings. The molecule has 3 rings (SSSR count). The Morgan fingerprint density at radius 3 is 2.48 bits per heavy atom. The minimum Gasteiger partial charge on any atom is -0.341 e. The Morgan fingerprint density at radius 2 is 1.81 bits per heavy atom. The lowest BCUT2D eigenvalue weighted by atomic mass is 10.1. The third-order valence-electron chi connectivity index (χ3n) is 5.15. The first-order valence-corrected chi connectivity index (χ1v) is 9.58. The van der Waals surface area contributed by atoms with E-state index in [0.29, 0.717) is 43.2 Å². The van der Waals surface area contributed by atoms with Crippen molar-refractivity contribution in [3.63, 3.8) is 0 Å². The van der Waals surface area contributed by atoms with Crippen LogP contribution in [-0.2, 0) is 11.2 Å². The standard InChI is InChI=1S/C20H25ClN4O2/c1-13-11-16(5-6-18(13)21)20(27)25-8-4-7-24(9-10-25)19(26)12-17-14(2)22-23-15(17)3/h5-6,11H,4,7-10,12H2,1-3H3,(H,22,23). The molecule has 0 bridgehead atoms. The Labute approximate surface area is 164 Å². The predicted molar refractivity (Wildman–Crippen MR) is 105 cm³/mol. The maximum Gasteiger partial charge on any atom is 0.253 e. The van der Waals surface area contributed by atoms with Gasteiger partial charge in [0.15, 0.2) is 0 Å². The maximum atomic E-state index is 12.8. The summed E-state index contributed by atoms with van der Waals surface area (Å²) in [4.78, 5) is 29.2. The first-order chi connectivity index (χ1) is 12.9. The molecule has 7 heteroatoms. The van der Waals surface area contributed by atoms with Crippen molar-refractivity contribution in [1.82, 2.24) is 20.0 Å². The molecule has 1 saturated heterocycles. The van der Waals surface area contributed by atoms with Gasteiger partial charge in [-0.15, -0.1) is 0 Å². The van der Waals surface area contributed by atoms with Crippen LogP contribution in [-0.4, -0.2) is 58.0 Å². The van der Waals surface area contributed by atoms with Crippen LogP contribution in [0.15, 0.2) is 18.2 Å². The van der Waals surface area contributed by atoms with Crippen molar-refractivity contribution in [1.29, 1.82) is 0 Å². The van der Waals surface area contributed by atoms with E-state index < -0.39 is 0 Å². The molecule has 27 heavy (non-hydrogen) atoms.